The molecule has 0 saturated carbocycles. The molecule has 0 aromatic rings. The molecule has 1 amide bonds. The predicted molar refractivity (Wildman–Crippen MR) is 53.3 cm³/mol. The minimum atomic E-state index is -0.409. The van der Waals surface area contributed by atoms with E-state index in [2.05, 4.69) is 0 Å². The lowest BCUT2D eigenvalue weighted by atomic mass is 10.1. The standard InChI is InChI=1S/C9H16ClNO3/c1-9(2)6-11(8(13)3-10)4-7(5-12)14-9/h7,12H,3-6H2,1-2H3. The molecule has 0 aromatic carbocycles. The fourth-order valence-electron chi connectivity index (χ4n) is 1.67. The summed E-state index contributed by atoms with van der Waals surface area (Å²) < 4.78 is 5.56. The van der Waals surface area contributed by atoms with Crippen LogP contribution in [0.1, 0.15) is 13.8 Å². The Kier molecular flexibility index (Phi) is 3.75. The molecule has 0 aliphatic carbocycles. The zero-order valence-electron chi connectivity index (χ0n) is 8.49. The number of ether oxygens (including phenoxy) is 1. The van der Waals surface area contributed by atoms with E-state index >= 15 is 0 Å². The number of alkyl halides is 1. The maximum atomic E-state index is 11.4. The van der Waals surface area contributed by atoms with Gasteiger partial charge in [0.05, 0.1) is 18.3 Å². The van der Waals surface area contributed by atoms with Gasteiger partial charge in [-0.1, -0.05) is 0 Å². The van der Waals surface area contributed by atoms with Crippen LogP contribution in [0, 0.1) is 0 Å². The van der Waals surface area contributed by atoms with Crippen LogP contribution in [0.5, 0.6) is 0 Å². The number of aliphatic hydroxyl groups excluding tert-OH is 1. The van der Waals surface area contributed by atoms with E-state index in [-0.39, 0.29) is 24.5 Å². The Morgan fingerprint density at radius 1 is 1.71 bits per heavy atom. The third kappa shape index (κ3) is 2.83. The Balaban J connectivity index is 2.65. The molecule has 1 atom stereocenters. The summed E-state index contributed by atoms with van der Waals surface area (Å²) >= 11 is 5.47. The summed E-state index contributed by atoms with van der Waals surface area (Å²) in [6.07, 6.45) is -0.300. The number of amides is 1. The van der Waals surface area contributed by atoms with Crippen LogP contribution < -0.4 is 0 Å². The molecule has 0 spiro atoms. The molecular weight excluding hydrogens is 206 g/mol. The second kappa shape index (κ2) is 4.47. The molecule has 1 N–H and O–H groups in total. The molecule has 0 aromatic heterocycles. The van der Waals surface area contributed by atoms with Gasteiger partial charge in [0, 0.05) is 13.1 Å². The topological polar surface area (TPSA) is 49.8 Å². The van der Waals surface area contributed by atoms with Gasteiger partial charge in [0.1, 0.15) is 5.88 Å². The first kappa shape index (κ1) is 11.8. The molecule has 1 saturated heterocycles. The largest absolute Gasteiger partial charge is 0.394 e. The van der Waals surface area contributed by atoms with Gasteiger partial charge in [-0.3, -0.25) is 4.79 Å². The number of nitrogens with zero attached hydrogens (tertiary/aromatic N) is 1. The Labute approximate surface area is 88.8 Å². The Morgan fingerprint density at radius 3 is 2.86 bits per heavy atom. The SMILES string of the molecule is CC1(C)CN(C(=O)CCl)CC(CO)O1. The average molecular weight is 222 g/mol. The summed E-state index contributed by atoms with van der Waals surface area (Å²) in [5.41, 5.74) is -0.409. The van der Waals surface area contributed by atoms with Gasteiger partial charge in [0.2, 0.25) is 5.91 Å². The van der Waals surface area contributed by atoms with Gasteiger partial charge >= 0.3 is 0 Å². The van der Waals surface area contributed by atoms with Crippen LogP contribution in [-0.4, -0.2) is 53.2 Å². The lowest BCUT2D eigenvalue weighted by Crippen LogP contribution is -2.55. The van der Waals surface area contributed by atoms with Crippen LogP contribution >= 0.6 is 11.6 Å². The number of hydrogen-bond acceptors (Lipinski definition) is 3. The molecule has 82 valence electrons. The smallest absolute Gasteiger partial charge is 0.237 e. The van der Waals surface area contributed by atoms with Crippen LogP contribution in [0.4, 0.5) is 0 Å². The molecule has 1 rings (SSSR count). The van der Waals surface area contributed by atoms with Crippen LogP contribution in [0.2, 0.25) is 0 Å². The normalized spacial score (nSPS) is 26.3. The summed E-state index contributed by atoms with van der Waals surface area (Å²) in [6, 6.07) is 0. The maximum absolute atomic E-state index is 11.4. The average Bonchev–Trinajstić information content (AvgIpc) is 2.14. The highest BCUT2D eigenvalue weighted by Crippen LogP contribution is 2.20. The fraction of sp³-hybridized carbons (Fsp3) is 0.889. The van der Waals surface area contributed by atoms with Crippen LogP contribution in [-0.2, 0) is 9.53 Å². The van der Waals surface area contributed by atoms with Gasteiger partial charge in [-0.25, -0.2) is 0 Å². The second-order valence-electron chi connectivity index (χ2n) is 4.09. The molecule has 1 aliphatic rings. The van der Waals surface area contributed by atoms with Gasteiger partial charge in [-0.2, -0.15) is 0 Å². The first-order valence-corrected chi connectivity index (χ1v) is 5.14. The van der Waals surface area contributed by atoms with Crippen molar-refractivity contribution in [3.8, 4) is 0 Å². The van der Waals surface area contributed by atoms with Crippen molar-refractivity contribution >= 4 is 17.5 Å². The van der Waals surface area contributed by atoms with E-state index < -0.39 is 5.60 Å². The third-order valence-corrected chi connectivity index (χ3v) is 2.38. The van der Waals surface area contributed by atoms with Gasteiger partial charge in [-0.15, -0.1) is 11.6 Å². The molecule has 0 bridgehead atoms. The Morgan fingerprint density at radius 2 is 2.36 bits per heavy atom. The molecule has 1 unspecified atom stereocenters. The number of morpholine rings is 1. The second-order valence-corrected chi connectivity index (χ2v) is 4.36. The van der Waals surface area contributed by atoms with Crippen molar-refractivity contribution in [2.75, 3.05) is 25.6 Å². The highest BCUT2D eigenvalue weighted by molar-refractivity contribution is 6.27. The van der Waals surface area contributed by atoms with Crippen molar-refractivity contribution in [2.24, 2.45) is 0 Å². The van der Waals surface area contributed by atoms with E-state index in [1.54, 1.807) is 4.90 Å². The summed E-state index contributed by atoms with van der Waals surface area (Å²) in [4.78, 5) is 13.0. The first-order valence-electron chi connectivity index (χ1n) is 4.61. The van der Waals surface area contributed by atoms with Crippen LogP contribution in [0.25, 0.3) is 0 Å². The van der Waals surface area contributed by atoms with E-state index in [0.717, 1.165) is 0 Å². The van der Waals surface area contributed by atoms with Gasteiger partial charge in [-0.05, 0) is 13.8 Å². The van der Waals surface area contributed by atoms with Crippen molar-refractivity contribution in [3.05, 3.63) is 0 Å². The lowest BCUT2D eigenvalue weighted by molar-refractivity contribution is -0.165. The van der Waals surface area contributed by atoms with E-state index in [1.165, 1.54) is 0 Å². The number of rotatable bonds is 2. The quantitative estimate of drug-likeness (QED) is 0.679. The van der Waals surface area contributed by atoms with E-state index in [4.69, 9.17) is 21.4 Å². The molecule has 0 radical (unpaired) electrons. The van der Waals surface area contributed by atoms with Crippen molar-refractivity contribution in [3.63, 3.8) is 0 Å². The van der Waals surface area contributed by atoms with Gasteiger partial charge in [0.15, 0.2) is 0 Å². The number of carbonyl (C=O) groups excluding carboxylic acids is 1. The summed E-state index contributed by atoms with van der Waals surface area (Å²) in [6.45, 7) is 4.66. The fourth-order valence-corrected chi connectivity index (χ4v) is 1.83. The highest BCUT2D eigenvalue weighted by Gasteiger charge is 2.34. The third-order valence-electron chi connectivity index (χ3n) is 2.15. The van der Waals surface area contributed by atoms with E-state index in [1.807, 2.05) is 13.8 Å². The van der Waals surface area contributed by atoms with Gasteiger partial charge < -0.3 is 14.7 Å². The van der Waals surface area contributed by atoms with Crippen LogP contribution in [0.3, 0.4) is 0 Å². The zero-order valence-corrected chi connectivity index (χ0v) is 9.25. The first-order chi connectivity index (χ1) is 6.48. The summed E-state index contributed by atoms with van der Waals surface area (Å²) in [5.74, 6) is -0.129. The molecular formula is C9H16ClNO3. The molecule has 5 heteroatoms. The van der Waals surface area contributed by atoms with Gasteiger partial charge in [0.25, 0.3) is 0 Å². The van der Waals surface area contributed by atoms with Crippen molar-refractivity contribution in [2.45, 2.75) is 25.6 Å². The minimum Gasteiger partial charge on any atom is -0.394 e. The molecule has 14 heavy (non-hydrogen) atoms. The Bertz CT molecular complexity index is 220. The van der Waals surface area contributed by atoms with Crippen molar-refractivity contribution in [1.29, 1.82) is 0 Å². The summed E-state index contributed by atoms with van der Waals surface area (Å²) in [7, 11) is 0. The minimum absolute atomic E-state index is 0.0196. The zero-order chi connectivity index (χ0) is 10.8. The summed E-state index contributed by atoms with van der Waals surface area (Å²) in [5, 5.41) is 9.00. The van der Waals surface area contributed by atoms with E-state index in [9.17, 15) is 4.79 Å². The predicted octanol–water partition coefficient (Wildman–Crippen LogP) is 0.223. The highest BCUT2D eigenvalue weighted by atomic mass is 35.5. The molecule has 1 heterocycles. The monoisotopic (exact) mass is 221 g/mol. The van der Waals surface area contributed by atoms with Crippen molar-refractivity contribution < 1.29 is 14.6 Å². The lowest BCUT2D eigenvalue weighted by Gasteiger charge is -2.42. The number of aliphatic hydroxyl groups is 1. The number of carbonyl (C=O) groups is 1. The number of hydrogen-bond donors (Lipinski definition) is 1. The molecule has 4 nitrogen and oxygen atoms in total. The van der Waals surface area contributed by atoms with E-state index in [0.29, 0.717) is 13.1 Å². The van der Waals surface area contributed by atoms with Crippen molar-refractivity contribution in [1.82, 2.24) is 4.90 Å². The molecule has 1 aliphatic heterocycles. The van der Waals surface area contributed by atoms with Crippen LogP contribution in [0.15, 0.2) is 0 Å². The maximum Gasteiger partial charge on any atom is 0.237 e. The molecule has 1 fully saturated rings. The Hall–Kier alpha value is -0.320. The number of halogens is 1.